The SMILES string of the molecule is CNC(=O)c1ccccc1NC(=O)c1cccc2cn[nH]c12. The summed E-state index contributed by atoms with van der Waals surface area (Å²) >= 11 is 0. The molecule has 3 rings (SSSR count). The molecule has 0 fully saturated rings. The number of amides is 2. The first-order valence-corrected chi connectivity index (χ1v) is 6.75. The van der Waals surface area contributed by atoms with Crippen LogP contribution in [0.5, 0.6) is 0 Å². The van der Waals surface area contributed by atoms with E-state index in [1.807, 2.05) is 6.07 Å². The third-order valence-electron chi connectivity index (χ3n) is 3.37. The van der Waals surface area contributed by atoms with Gasteiger partial charge in [-0.15, -0.1) is 0 Å². The molecule has 3 aromatic rings. The molecule has 0 atom stereocenters. The van der Waals surface area contributed by atoms with Gasteiger partial charge in [0.25, 0.3) is 11.8 Å². The van der Waals surface area contributed by atoms with Crippen molar-refractivity contribution in [1.82, 2.24) is 15.5 Å². The summed E-state index contributed by atoms with van der Waals surface area (Å²) in [7, 11) is 1.55. The van der Waals surface area contributed by atoms with Crippen LogP contribution in [0.3, 0.4) is 0 Å². The average Bonchev–Trinajstić information content (AvgIpc) is 3.03. The molecule has 0 aliphatic heterocycles. The first-order valence-electron chi connectivity index (χ1n) is 6.75. The van der Waals surface area contributed by atoms with Crippen LogP contribution in [0.4, 0.5) is 5.69 Å². The number of fused-ring (bicyclic) bond motifs is 1. The Balaban J connectivity index is 1.95. The second-order valence-corrected chi connectivity index (χ2v) is 4.72. The van der Waals surface area contributed by atoms with E-state index in [9.17, 15) is 9.59 Å². The number of aromatic amines is 1. The summed E-state index contributed by atoms with van der Waals surface area (Å²) in [5.41, 5.74) is 2.01. The predicted molar refractivity (Wildman–Crippen MR) is 83.9 cm³/mol. The standard InChI is InChI=1S/C16H14N4O2/c1-17-15(21)11-6-2-3-8-13(11)19-16(22)12-7-4-5-10-9-18-20-14(10)12/h2-9H,1H3,(H,17,21)(H,18,20)(H,19,22). The number of nitrogens with zero attached hydrogens (tertiary/aromatic N) is 1. The van der Waals surface area contributed by atoms with Crippen LogP contribution < -0.4 is 10.6 Å². The first-order chi connectivity index (χ1) is 10.7. The molecule has 1 aromatic heterocycles. The Morgan fingerprint density at radius 3 is 2.59 bits per heavy atom. The first kappa shape index (κ1) is 13.8. The van der Waals surface area contributed by atoms with Crippen molar-refractivity contribution in [3.63, 3.8) is 0 Å². The fraction of sp³-hybridized carbons (Fsp3) is 0.0625. The molecule has 22 heavy (non-hydrogen) atoms. The Morgan fingerprint density at radius 1 is 1.00 bits per heavy atom. The number of hydrogen-bond acceptors (Lipinski definition) is 3. The van der Waals surface area contributed by atoms with Gasteiger partial charge in [-0.2, -0.15) is 5.10 Å². The highest BCUT2D eigenvalue weighted by molar-refractivity contribution is 6.13. The normalized spacial score (nSPS) is 10.4. The monoisotopic (exact) mass is 294 g/mol. The van der Waals surface area contributed by atoms with Crippen LogP contribution in [-0.2, 0) is 0 Å². The predicted octanol–water partition coefficient (Wildman–Crippen LogP) is 2.17. The molecule has 3 N–H and O–H groups in total. The Hall–Kier alpha value is -3.15. The number of carbonyl (C=O) groups is 2. The molecule has 0 radical (unpaired) electrons. The number of aromatic nitrogens is 2. The molecule has 0 bridgehead atoms. The average molecular weight is 294 g/mol. The molecule has 0 saturated heterocycles. The van der Waals surface area contributed by atoms with Gasteiger partial charge >= 0.3 is 0 Å². The van der Waals surface area contributed by atoms with Gasteiger partial charge in [0.2, 0.25) is 0 Å². The molecular formula is C16H14N4O2. The van der Waals surface area contributed by atoms with Crippen molar-refractivity contribution in [3.05, 3.63) is 59.8 Å². The molecule has 0 saturated carbocycles. The lowest BCUT2D eigenvalue weighted by atomic mass is 10.1. The Kier molecular flexibility index (Phi) is 3.57. The van der Waals surface area contributed by atoms with Crippen molar-refractivity contribution in [2.75, 3.05) is 12.4 Å². The highest BCUT2D eigenvalue weighted by atomic mass is 16.2. The molecule has 6 nitrogen and oxygen atoms in total. The highest BCUT2D eigenvalue weighted by Crippen LogP contribution is 2.19. The van der Waals surface area contributed by atoms with Crippen LogP contribution in [0.2, 0.25) is 0 Å². The maximum Gasteiger partial charge on any atom is 0.257 e. The molecule has 2 aromatic carbocycles. The Morgan fingerprint density at radius 2 is 1.77 bits per heavy atom. The molecule has 0 unspecified atom stereocenters. The van der Waals surface area contributed by atoms with Gasteiger partial charge in [0, 0.05) is 12.4 Å². The topological polar surface area (TPSA) is 86.9 Å². The van der Waals surface area contributed by atoms with Crippen molar-refractivity contribution in [2.24, 2.45) is 0 Å². The van der Waals surface area contributed by atoms with Crippen molar-refractivity contribution >= 4 is 28.4 Å². The van der Waals surface area contributed by atoms with E-state index in [0.29, 0.717) is 22.3 Å². The van der Waals surface area contributed by atoms with E-state index in [1.165, 1.54) is 0 Å². The second kappa shape index (κ2) is 5.69. The van der Waals surface area contributed by atoms with E-state index in [1.54, 1.807) is 49.6 Å². The van der Waals surface area contributed by atoms with Gasteiger partial charge in [-0.05, 0) is 18.2 Å². The van der Waals surface area contributed by atoms with Crippen molar-refractivity contribution in [1.29, 1.82) is 0 Å². The summed E-state index contributed by atoms with van der Waals surface area (Å²) in [6, 6.07) is 12.2. The number of anilines is 1. The maximum atomic E-state index is 12.5. The number of carbonyl (C=O) groups excluding carboxylic acids is 2. The number of H-pyrrole nitrogens is 1. The Labute approximate surface area is 126 Å². The van der Waals surface area contributed by atoms with Crippen molar-refractivity contribution < 1.29 is 9.59 Å². The molecule has 6 heteroatoms. The lowest BCUT2D eigenvalue weighted by Gasteiger charge is -2.10. The van der Waals surface area contributed by atoms with Crippen LogP contribution in [0, 0.1) is 0 Å². The molecular weight excluding hydrogens is 280 g/mol. The van der Waals surface area contributed by atoms with Crippen LogP contribution in [0.25, 0.3) is 10.9 Å². The van der Waals surface area contributed by atoms with Gasteiger partial charge < -0.3 is 10.6 Å². The minimum Gasteiger partial charge on any atom is -0.355 e. The molecule has 0 aliphatic carbocycles. The van der Waals surface area contributed by atoms with E-state index in [2.05, 4.69) is 20.8 Å². The van der Waals surface area contributed by atoms with Gasteiger partial charge in [-0.3, -0.25) is 14.7 Å². The lowest BCUT2D eigenvalue weighted by molar-refractivity contribution is 0.0964. The lowest BCUT2D eigenvalue weighted by Crippen LogP contribution is -2.21. The number of nitrogens with one attached hydrogen (secondary N) is 3. The molecule has 2 amide bonds. The fourth-order valence-corrected chi connectivity index (χ4v) is 2.27. The third kappa shape index (κ3) is 2.42. The largest absolute Gasteiger partial charge is 0.355 e. The summed E-state index contributed by atoms with van der Waals surface area (Å²) in [6.07, 6.45) is 1.66. The van der Waals surface area contributed by atoms with Gasteiger partial charge in [0.05, 0.1) is 28.5 Å². The molecule has 110 valence electrons. The summed E-state index contributed by atoms with van der Waals surface area (Å²) in [4.78, 5) is 24.3. The van der Waals surface area contributed by atoms with Gasteiger partial charge in [0.15, 0.2) is 0 Å². The van der Waals surface area contributed by atoms with E-state index < -0.39 is 0 Å². The van der Waals surface area contributed by atoms with Crippen LogP contribution in [0.1, 0.15) is 20.7 Å². The van der Waals surface area contributed by atoms with E-state index >= 15 is 0 Å². The number of benzene rings is 2. The zero-order valence-corrected chi connectivity index (χ0v) is 11.9. The summed E-state index contributed by atoms with van der Waals surface area (Å²) < 4.78 is 0. The number of hydrogen-bond donors (Lipinski definition) is 3. The summed E-state index contributed by atoms with van der Waals surface area (Å²) in [6.45, 7) is 0. The highest BCUT2D eigenvalue weighted by Gasteiger charge is 2.15. The van der Waals surface area contributed by atoms with Crippen LogP contribution >= 0.6 is 0 Å². The minimum absolute atomic E-state index is 0.254. The molecule has 0 aliphatic rings. The maximum absolute atomic E-state index is 12.5. The number of para-hydroxylation sites is 2. The summed E-state index contributed by atoms with van der Waals surface area (Å²) in [5, 5.41) is 12.9. The van der Waals surface area contributed by atoms with Crippen molar-refractivity contribution in [2.45, 2.75) is 0 Å². The van der Waals surface area contributed by atoms with Crippen molar-refractivity contribution in [3.8, 4) is 0 Å². The van der Waals surface area contributed by atoms with Gasteiger partial charge in [-0.1, -0.05) is 24.3 Å². The molecule has 0 spiro atoms. The van der Waals surface area contributed by atoms with Crippen LogP contribution in [-0.4, -0.2) is 29.1 Å². The zero-order valence-electron chi connectivity index (χ0n) is 11.9. The third-order valence-corrected chi connectivity index (χ3v) is 3.37. The smallest absolute Gasteiger partial charge is 0.257 e. The zero-order chi connectivity index (χ0) is 15.5. The summed E-state index contributed by atoms with van der Waals surface area (Å²) in [5.74, 6) is -0.554. The van der Waals surface area contributed by atoms with E-state index in [-0.39, 0.29) is 11.8 Å². The molecule has 1 heterocycles. The quantitative estimate of drug-likeness (QED) is 0.692. The second-order valence-electron chi connectivity index (χ2n) is 4.72. The van der Waals surface area contributed by atoms with Crippen LogP contribution in [0.15, 0.2) is 48.7 Å². The van der Waals surface area contributed by atoms with Gasteiger partial charge in [0.1, 0.15) is 0 Å². The van der Waals surface area contributed by atoms with E-state index in [0.717, 1.165) is 5.39 Å². The minimum atomic E-state index is -0.300. The number of rotatable bonds is 3. The Bertz CT molecular complexity index is 854. The van der Waals surface area contributed by atoms with Gasteiger partial charge in [-0.25, -0.2) is 0 Å². The fourth-order valence-electron chi connectivity index (χ4n) is 2.27. The van der Waals surface area contributed by atoms with E-state index in [4.69, 9.17) is 0 Å².